The van der Waals surface area contributed by atoms with E-state index in [0.29, 0.717) is 5.92 Å². The summed E-state index contributed by atoms with van der Waals surface area (Å²) in [6.07, 6.45) is 17.0. The highest BCUT2D eigenvalue weighted by Crippen LogP contribution is 2.36. The van der Waals surface area contributed by atoms with Crippen LogP contribution in [0.15, 0.2) is 48.8 Å². The molecule has 1 aromatic heterocycles. The molecule has 3 rings (SSSR count). The number of methoxy groups -OCH3 is 1. The third kappa shape index (κ3) is 5.74. The molecule has 27 heavy (non-hydrogen) atoms. The lowest BCUT2D eigenvalue weighted by molar-refractivity contribution is 0.233. The molecule has 1 aromatic carbocycles. The molecule has 0 spiro atoms. The van der Waals surface area contributed by atoms with Gasteiger partial charge in [-0.25, -0.2) is 9.97 Å². The zero-order valence-electron chi connectivity index (χ0n) is 16.7. The van der Waals surface area contributed by atoms with Crippen molar-refractivity contribution in [1.29, 1.82) is 0 Å². The molecule has 0 unspecified atom stereocenters. The predicted octanol–water partition coefficient (Wildman–Crippen LogP) is 5.96. The third-order valence-corrected chi connectivity index (χ3v) is 5.61. The molecule has 0 aliphatic heterocycles. The van der Waals surface area contributed by atoms with Gasteiger partial charge in [0, 0.05) is 25.1 Å². The SMILES string of the molecule is CCCCc1cnc(-c2ccc(C3CCC(/C=C/COC)CC3)cc2)nc1. The largest absolute Gasteiger partial charge is 0.381 e. The van der Waals surface area contributed by atoms with E-state index in [1.165, 1.54) is 49.7 Å². The maximum atomic E-state index is 5.10. The Labute approximate surface area is 163 Å². The molecule has 0 atom stereocenters. The number of aryl methyl sites for hydroxylation is 1. The van der Waals surface area contributed by atoms with Gasteiger partial charge in [-0.15, -0.1) is 0 Å². The van der Waals surface area contributed by atoms with Crippen LogP contribution in [0.5, 0.6) is 0 Å². The molecule has 3 heteroatoms. The number of rotatable bonds is 8. The number of ether oxygens (including phenoxy) is 1. The summed E-state index contributed by atoms with van der Waals surface area (Å²) < 4.78 is 5.10. The third-order valence-electron chi connectivity index (χ3n) is 5.61. The van der Waals surface area contributed by atoms with Crippen molar-refractivity contribution >= 4 is 0 Å². The maximum Gasteiger partial charge on any atom is 0.159 e. The first-order chi connectivity index (χ1) is 13.3. The van der Waals surface area contributed by atoms with Crippen molar-refractivity contribution in [2.24, 2.45) is 5.92 Å². The van der Waals surface area contributed by atoms with Gasteiger partial charge in [0.25, 0.3) is 0 Å². The lowest BCUT2D eigenvalue weighted by Crippen LogP contribution is -2.11. The van der Waals surface area contributed by atoms with E-state index in [1.807, 2.05) is 12.4 Å². The van der Waals surface area contributed by atoms with Crippen LogP contribution < -0.4 is 0 Å². The van der Waals surface area contributed by atoms with Gasteiger partial charge in [0.05, 0.1) is 6.61 Å². The Bertz CT molecular complexity index is 698. The van der Waals surface area contributed by atoms with Crippen LogP contribution in [0, 0.1) is 5.92 Å². The monoisotopic (exact) mass is 364 g/mol. The maximum absolute atomic E-state index is 5.10. The van der Waals surface area contributed by atoms with Crippen LogP contribution in [-0.2, 0) is 11.2 Å². The smallest absolute Gasteiger partial charge is 0.159 e. The summed E-state index contributed by atoms with van der Waals surface area (Å²) in [6, 6.07) is 8.91. The molecule has 1 aliphatic rings. The molecule has 0 amide bonds. The van der Waals surface area contributed by atoms with Crippen molar-refractivity contribution in [2.45, 2.75) is 57.8 Å². The number of hydrogen-bond donors (Lipinski definition) is 0. The Morgan fingerprint density at radius 1 is 1.04 bits per heavy atom. The highest BCUT2D eigenvalue weighted by Gasteiger charge is 2.20. The topological polar surface area (TPSA) is 35.0 Å². The molecule has 1 fully saturated rings. The Morgan fingerprint density at radius 3 is 2.37 bits per heavy atom. The molecular weight excluding hydrogens is 332 g/mol. The van der Waals surface area contributed by atoms with Crippen LogP contribution in [0.1, 0.15) is 62.5 Å². The summed E-state index contributed by atoms with van der Waals surface area (Å²) in [6.45, 7) is 2.93. The van der Waals surface area contributed by atoms with Crippen molar-refractivity contribution in [1.82, 2.24) is 9.97 Å². The lowest BCUT2D eigenvalue weighted by atomic mass is 9.78. The van der Waals surface area contributed by atoms with Crippen LogP contribution in [-0.4, -0.2) is 23.7 Å². The number of unbranched alkanes of at least 4 members (excludes halogenated alkanes) is 1. The molecule has 1 heterocycles. The van der Waals surface area contributed by atoms with Gasteiger partial charge >= 0.3 is 0 Å². The minimum atomic E-state index is 0.684. The summed E-state index contributed by atoms with van der Waals surface area (Å²) in [7, 11) is 1.75. The van der Waals surface area contributed by atoms with E-state index in [9.17, 15) is 0 Å². The summed E-state index contributed by atoms with van der Waals surface area (Å²) >= 11 is 0. The van der Waals surface area contributed by atoms with E-state index in [1.54, 1.807) is 7.11 Å². The fourth-order valence-electron chi connectivity index (χ4n) is 3.91. The average molecular weight is 365 g/mol. The van der Waals surface area contributed by atoms with Gasteiger partial charge in [-0.3, -0.25) is 0 Å². The summed E-state index contributed by atoms with van der Waals surface area (Å²) in [5.74, 6) is 2.23. The summed E-state index contributed by atoms with van der Waals surface area (Å²) in [5.41, 5.74) is 3.79. The van der Waals surface area contributed by atoms with E-state index >= 15 is 0 Å². The van der Waals surface area contributed by atoms with Crippen LogP contribution in [0.4, 0.5) is 0 Å². The molecule has 1 aliphatic carbocycles. The predicted molar refractivity (Wildman–Crippen MR) is 112 cm³/mol. The van der Waals surface area contributed by atoms with Gasteiger partial charge < -0.3 is 4.74 Å². The van der Waals surface area contributed by atoms with Crippen LogP contribution in [0.3, 0.4) is 0 Å². The number of allylic oxidation sites excluding steroid dienone is 1. The Kier molecular flexibility index (Phi) is 7.58. The van der Waals surface area contributed by atoms with E-state index in [2.05, 4.69) is 53.3 Å². The number of hydrogen-bond acceptors (Lipinski definition) is 3. The van der Waals surface area contributed by atoms with Gasteiger partial charge in [-0.05, 0) is 61.5 Å². The summed E-state index contributed by atoms with van der Waals surface area (Å²) in [4.78, 5) is 9.12. The Morgan fingerprint density at radius 2 is 1.74 bits per heavy atom. The minimum Gasteiger partial charge on any atom is -0.381 e. The molecule has 0 radical (unpaired) electrons. The average Bonchev–Trinajstić information content (AvgIpc) is 2.73. The second-order valence-electron chi connectivity index (χ2n) is 7.64. The number of aromatic nitrogens is 2. The number of benzene rings is 1. The van der Waals surface area contributed by atoms with E-state index in [-0.39, 0.29) is 0 Å². The minimum absolute atomic E-state index is 0.684. The van der Waals surface area contributed by atoms with Gasteiger partial charge in [-0.2, -0.15) is 0 Å². The van der Waals surface area contributed by atoms with Crippen molar-refractivity contribution in [3.63, 3.8) is 0 Å². The first-order valence-electron chi connectivity index (χ1n) is 10.4. The van der Waals surface area contributed by atoms with Crippen molar-refractivity contribution in [3.8, 4) is 11.4 Å². The van der Waals surface area contributed by atoms with Crippen LogP contribution in [0.2, 0.25) is 0 Å². The first kappa shape index (κ1) is 19.8. The van der Waals surface area contributed by atoms with E-state index in [4.69, 9.17) is 4.74 Å². The van der Waals surface area contributed by atoms with Gasteiger partial charge in [-0.1, -0.05) is 49.8 Å². The second kappa shape index (κ2) is 10.4. The van der Waals surface area contributed by atoms with E-state index in [0.717, 1.165) is 30.3 Å². The Hall–Kier alpha value is -2.00. The van der Waals surface area contributed by atoms with Gasteiger partial charge in [0.2, 0.25) is 0 Å². The quantitative estimate of drug-likeness (QED) is 0.542. The van der Waals surface area contributed by atoms with Gasteiger partial charge in [0.1, 0.15) is 0 Å². The molecule has 144 valence electrons. The first-order valence-corrected chi connectivity index (χ1v) is 10.4. The second-order valence-corrected chi connectivity index (χ2v) is 7.64. The molecular formula is C24H32N2O. The zero-order chi connectivity index (χ0) is 18.9. The van der Waals surface area contributed by atoms with Gasteiger partial charge in [0.15, 0.2) is 5.82 Å². The normalized spacial score (nSPS) is 20.2. The standard InChI is InChI=1S/C24H32N2O/c1-3-4-6-20-17-25-24(26-18-20)23-14-12-22(13-15-23)21-10-8-19(9-11-21)7-5-16-27-2/h5,7,12-15,17-19,21H,3-4,6,8-11,16H2,1-2H3/b7-5+. The lowest BCUT2D eigenvalue weighted by Gasteiger charge is -2.27. The highest BCUT2D eigenvalue weighted by molar-refractivity contribution is 5.55. The molecule has 0 saturated heterocycles. The fourth-order valence-corrected chi connectivity index (χ4v) is 3.91. The van der Waals surface area contributed by atoms with Crippen molar-refractivity contribution < 1.29 is 4.74 Å². The van der Waals surface area contributed by atoms with E-state index < -0.39 is 0 Å². The highest BCUT2D eigenvalue weighted by atomic mass is 16.5. The molecule has 1 saturated carbocycles. The fraction of sp³-hybridized carbons (Fsp3) is 0.500. The van der Waals surface area contributed by atoms with Crippen molar-refractivity contribution in [3.05, 3.63) is 59.9 Å². The van der Waals surface area contributed by atoms with Crippen LogP contribution >= 0.6 is 0 Å². The summed E-state index contributed by atoms with van der Waals surface area (Å²) in [5, 5.41) is 0. The molecule has 0 bridgehead atoms. The van der Waals surface area contributed by atoms with Crippen molar-refractivity contribution in [2.75, 3.05) is 13.7 Å². The van der Waals surface area contributed by atoms with Crippen LogP contribution in [0.25, 0.3) is 11.4 Å². The molecule has 3 nitrogen and oxygen atoms in total. The zero-order valence-corrected chi connectivity index (χ0v) is 16.7. The Balaban J connectivity index is 1.56. The number of nitrogens with zero attached hydrogens (tertiary/aromatic N) is 2. The molecule has 0 N–H and O–H groups in total. The molecule has 2 aromatic rings.